The highest BCUT2D eigenvalue weighted by atomic mass is 16.4. The fourth-order valence-corrected chi connectivity index (χ4v) is 1.87. The first-order chi connectivity index (χ1) is 7.94. The van der Waals surface area contributed by atoms with Crippen LogP contribution in [0, 0.1) is 13.8 Å². The van der Waals surface area contributed by atoms with Crippen LogP contribution in [0.2, 0.25) is 0 Å². The minimum absolute atomic E-state index is 0.303. The summed E-state index contributed by atoms with van der Waals surface area (Å²) < 4.78 is 0. The third-order valence-electron chi connectivity index (χ3n) is 3.14. The number of benzene rings is 1. The Kier molecular flexibility index (Phi) is 2.65. The van der Waals surface area contributed by atoms with E-state index in [0.717, 1.165) is 11.1 Å². The molecule has 1 saturated carbocycles. The van der Waals surface area contributed by atoms with Gasteiger partial charge >= 0.3 is 5.97 Å². The van der Waals surface area contributed by atoms with E-state index in [0.29, 0.717) is 18.4 Å². The average Bonchev–Trinajstić information content (AvgIpc) is 2.98. The second-order valence-electron chi connectivity index (χ2n) is 4.66. The van der Waals surface area contributed by atoms with Gasteiger partial charge < -0.3 is 10.4 Å². The predicted molar refractivity (Wildman–Crippen MR) is 63.0 cm³/mol. The lowest BCUT2D eigenvalue weighted by atomic mass is 10.0. The summed E-state index contributed by atoms with van der Waals surface area (Å²) in [5, 5.41) is 11.6. The largest absolute Gasteiger partial charge is 0.480 e. The molecule has 17 heavy (non-hydrogen) atoms. The van der Waals surface area contributed by atoms with E-state index in [1.165, 1.54) is 0 Å². The Morgan fingerprint density at radius 3 is 2.41 bits per heavy atom. The van der Waals surface area contributed by atoms with E-state index >= 15 is 0 Å². The van der Waals surface area contributed by atoms with Crippen LogP contribution in [0.25, 0.3) is 0 Å². The summed E-state index contributed by atoms with van der Waals surface area (Å²) in [6.45, 7) is 3.80. The fourth-order valence-electron chi connectivity index (χ4n) is 1.87. The molecular weight excluding hydrogens is 218 g/mol. The van der Waals surface area contributed by atoms with Crippen molar-refractivity contribution in [2.75, 3.05) is 0 Å². The van der Waals surface area contributed by atoms with Gasteiger partial charge in [-0.3, -0.25) is 4.79 Å². The van der Waals surface area contributed by atoms with Crippen molar-refractivity contribution < 1.29 is 14.7 Å². The Bertz CT molecular complexity index is 489. The zero-order valence-electron chi connectivity index (χ0n) is 9.91. The van der Waals surface area contributed by atoms with Crippen LogP contribution < -0.4 is 5.32 Å². The molecule has 0 atom stereocenters. The van der Waals surface area contributed by atoms with E-state index in [-0.39, 0.29) is 5.91 Å². The molecule has 1 aliphatic carbocycles. The number of rotatable bonds is 3. The summed E-state index contributed by atoms with van der Waals surface area (Å²) in [7, 11) is 0. The van der Waals surface area contributed by atoms with Gasteiger partial charge in [0.05, 0.1) is 0 Å². The number of carbonyl (C=O) groups is 2. The summed E-state index contributed by atoms with van der Waals surface area (Å²) in [5.74, 6) is -1.25. The molecule has 1 aromatic rings. The van der Waals surface area contributed by atoms with Gasteiger partial charge in [-0.05, 0) is 38.3 Å². The summed E-state index contributed by atoms with van der Waals surface area (Å²) >= 11 is 0. The van der Waals surface area contributed by atoms with E-state index < -0.39 is 11.5 Å². The van der Waals surface area contributed by atoms with Crippen LogP contribution in [0.5, 0.6) is 0 Å². The molecule has 2 rings (SSSR count). The highest BCUT2D eigenvalue weighted by Gasteiger charge is 2.51. The van der Waals surface area contributed by atoms with Gasteiger partial charge in [0.2, 0.25) is 0 Å². The van der Waals surface area contributed by atoms with Gasteiger partial charge in [0.1, 0.15) is 5.54 Å². The maximum absolute atomic E-state index is 12.0. The molecule has 1 fully saturated rings. The third kappa shape index (κ3) is 2.16. The van der Waals surface area contributed by atoms with Crippen LogP contribution in [-0.4, -0.2) is 22.5 Å². The van der Waals surface area contributed by atoms with Crippen molar-refractivity contribution in [3.8, 4) is 0 Å². The van der Waals surface area contributed by atoms with Crippen molar-refractivity contribution in [1.29, 1.82) is 0 Å². The van der Waals surface area contributed by atoms with Crippen LogP contribution in [-0.2, 0) is 4.79 Å². The van der Waals surface area contributed by atoms with E-state index in [4.69, 9.17) is 5.11 Å². The van der Waals surface area contributed by atoms with Crippen molar-refractivity contribution >= 4 is 11.9 Å². The Hall–Kier alpha value is -1.84. The first-order valence-electron chi connectivity index (χ1n) is 5.58. The van der Waals surface area contributed by atoms with Gasteiger partial charge in [-0.15, -0.1) is 0 Å². The maximum Gasteiger partial charge on any atom is 0.329 e. The van der Waals surface area contributed by atoms with Gasteiger partial charge in [0, 0.05) is 5.56 Å². The molecular formula is C13H15NO3. The number of carbonyl (C=O) groups excluding carboxylic acids is 1. The number of hydrogen-bond donors (Lipinski definition) is 2. The predicted octanol–water partition coefficient (Wildman–Crippen LogP) is 1.65. The second-order valence-corrected chi connectivity index (χ2v) is 4.66. The van der Waals surface area contributed by atoms with E-state index in [2.05, 4.69) is 5.32 Å². The van der Waals surface area contributed by atoms with Crippen LogP contribution in [0.4, 0.5) is 0 Å². The van der Waals surface area contributed by atoms with Crippen molar-refractivity contribution in [1.82, 2.24) is 5.32 Å². The van der Waals surface area contributed by atoms with E-state index in [1.807, 2.05) is 26.0 Å². The second kappa shape index (κ2) is 3.87. The number of carboxylic acids is 1. The zero-order valence-corrected chi connectivity index (χ0v) is 9.91. The minimum atomic E-state index is -1.02. The van der Waals surface area contributed by atoms with Gasteiger partial charge in [0.15, 0.2) is 0 Å². The molecule has 1 aromatic carbocycles. The Morgan fingerprint density at radius 1 is 1.29 bits per heavy atom. The molecule has 1 amide bonds. The molecule has 2 N–H and O–H groups in total. The van der Waals surface area contributed by atoms with Gasteiger partial charge in [-0.1, -0.05) is 17.7 Å². The number of hydrogen-bond acceptors (Lipinski definition) is 2. The fraction of sp³-hybridized carbons (Fsp3) is 0.385. The number of amides is 1. The first-order valence-corrected chi connectivity index (χ1v) is 5.58. The van der Waals surface area contributed by atoms with Crippen molar-refractivity contribution in [2.24, 2.45) is 0 Å². The van der Waals surface area contributed by atoms with Crippen LogP contribution in [0.15, 0.2) is 18.2 Å². The van der Waals surface area contributed by atoms with Gasteiger partial charge in [-0.25, -0.2) is 4.79 Å². The third-order valence-corrected chi connectivity index (χ3v) is 3.14. The van der Waals surface area contributed by atoms with Crippen LogP contribution in [0.3, 0.4) is 0 Å². The molecule has 1 aliphatic rings. The maximum atomic E-state index is 12.0. The van der Waals surface area contributed by atoms with Crippen LogP contribution in [0.1, 0.15) is 34.3 Å². The molecule has 0 spiro atoms. The molecule has 0 aromatic heterocycles. The van der Waals surface area contributed by atoms with Crippen molar-refractivity contribution in [2.45, 2.75) is 32.2 Å². The minimum Gasteiger partial charge on any atom is -0.480 e. The standard InChI is InChI=1S/C13H15NO3/c1-8-3-4-10(9(2)7-8)11(15)14-13(5-6-13)12(16)17/h3-4,7H,5-6H2,1-2H3,(H,14,15)(H,16,17). The lowest BCUT2D eigenvalue weighted by Crippen LogP contribution is -2.43. The molecule has 90 valence electrons. The number of aryl methyl sites for hydroxylation is 2. The topological polar surface area (TPSA) is 66.4 Å². The summed E-state index contributed by atoms with van der Waals surface area (Å²) in [6.07, 6.45) is 1.03. The molecule has 4 heteroatoms. The SMILES string of the molecule is Cc1ccc(C(=O)NC2(C(=O)O)CC2)c(C)c1. The summed E-state index contributed by atoms with van der Waals surface area (Å²) in [5.41, 5.74) is 1.47. The molecule has 0 aliphatic heterocycles. The first kappa shape index (κ1) is 11.6. The Morgan fingerprint density at radius 2 is 1.94 bits per heavy atom. The lowest BCUT2D eigenvalue weighted by Gasteiger charge is -2.13. The molecule has 0 heterocycles. The number of aliphatic carboxylic acids is 1. The average molecular weight is 233 g/mol. The molecule has 0 radical (unpaired) electrons. The van der Waals surface area contributed by atoms with Crippen molar-refractivity contribution in [3.05, 3.63) is 34.9 Å². The van der Waals surface area contributed by atoms with Gasteiger partial charge in [-0.2, -0.15) is 0 Å². The Labute approximate surface area is 99.6 Å². The van der Waals surface area contributed by atoms with Crippen LogP contribution >= 0.6 is 0 Å². The van der Waals surface area contributed by atoms with E-state index in [1.54, 1.807) is 6.07 Å². The molecule has 0 bridgehead atoms. The molecule has 0 saturated heterocycles. The highest BCUT2D eigenvalue weighted by molar-refractivity contribution is 5.99. The molecule has 4 nitrogen and oxygen atoms in total. The summed E-state index contributed by atoms with van der Waals surface area (Å²) in [6, 6.07) is 5.50. The van der Waals surface area contributed by atoms with Crippen molar-refractivity contribution in [3.63, 3.8) is 0 Å². The molecule has 0 unspecified atom stereocenters. The summed E-state index contributed by atoms with van der Waals surface area (Å²) in [4.78, 5) is 22.9. The normalized spacial score (nSPS) is 16.4. The smallest absolute Gasteiger partial charge is 0.329 e. The zero-order chi connectivity index (χ0) is 12.6. The quantitative estimate of drug-likeness (QED) is 0.834. The van der Waals surface area contributed by atoms with E-state index in [9.17, 15) is 9.59 Å². The van der Waals surface area contributed by atoms with Gasteiger partial charge in [0.25, 0.3) is 5.91 Å². The Balaban J connectivity index is 2.18. The number of carboxylic acid groups (broad SMARTS) is 1. The number of nitrogens with one attached hydrogen (secondary N) is 1. The monoisotopic (exact) mass is 233 g/mol. The highest BCUT2D eigenvalue weighted by Crippen LogP contribution is 2.35. The lowest BCUT2D eigenvalue weighted by molar-refractivity contribution is -0.140.